The number of nitrogens with one attached hydrogen (secondary N) is 1. The maximum absolute atomic E-state index is 4.58. The molecule has 2 rings (SSSR count). The van der Waals surface area contributed by atoms with Crippen LogP contribution in [-0.2, 0) is 6.42 Å². The van der Waals surface area contributed by atoms with E-state index in [0.29, 0.717) is 6.04 Å². The van der Waals surface area contributed by atoms with Crippen LogP contribution in [0, 0.1) is 6.92 Å². The smallest absolute Gasteiger partial charge is 0.110 e. The minimum atomic E-state index is 0.334. The highest BCUT2D eigenvalue weighted by Crippen LogP contribution is 2.21. The summed E-state index contributed by atoms with van der Waals surface area (Å²) in [5.41, 5.74) is 2.47. The Kier molecular flexibility index (Phi) is 4.29. The van der Waals surface area contributed by atoms with E-state index in [1.54, 1.807) is 11.3 Å². The molecule has 0 bridgehead atoms. The van der Waals surface area contributed by atoms with Crippen molar-refractivity contribution in [3.05, 3.63) is 52.0 Å². The Labute approximate surface area is 107 Å². The van der Waals surface area contributed by atoms with Gasteiger partial charge in [0.25, 0.3) is 0 Å². The van der Waals surface area contributed by atoms with Crippen LogP contribution in [0.3, 0.4) is 0 Å². The molecule has 1 aromatic carbocycles. The van der Waals surface area contributed by atoms with E-state index in [0.717, 1.165) is 18.7 Å². The standard InChI is InChI=1S/C14H18N2S/c1-3-15-13(14-16-11(2)10-17-14)9-12-7-5-4-6-8-12/h4-8,10,13,15H,3,9H2,1-2H3. The molecular weight excluding hydrogens is 228 g/mol. The van der Waals surface area contributed by atoms with Crippen molar-refractivity contribution in [2.45, 2.75) is 26.3 Å². The zero-order chi connectivity index (χ0) is 12.1. The first-order chi connectivity index (χ1) is 8.29. The van der Waals surface area contributed by atoms with Gasteiger partial charge in [0.15, 0.2) is 0 Å². The molecule has 0 spiro atoms. The molecule has 0 aliphatic rings. The minimum absolute atomic E-state index is 0.334. The van der Waals surface area contributed by atoms with Crippen molar-refractivity contribution in [1.29, 1.82) is 0 Å². The average Bonchev–Trinajstić information content (AvgIpc) is 2.77. The van der Waals surface area contributed by atoms with Gasteiger partial charge in [-0.25, -0.2) is 4.98 Å². The van der Waals surface area contributed by atoms with Crippen molar-refractivity contribution in [3.8, 4) is 0 Å². The summed E-state index contributed by atoms with van der Waals surface area (Å²) >= 11 is 1.74. The molecule has 0 aliphatic heterocycles. The van der Waals surface area contributed by atoms with Crippen molar-refractivity contribution in [2.24, 2.45) is 0 Å². The molecule has 1 N–H and O–H groups in total. The largest absolute Gasteiger partial charge is 0.308 e. The van der Waals surface area contributed by atoms with Crippen LogP contribution in [0.2, 0.25) is 0 Å². The molecule has 1 atom stereocenters. The van der Waals surface area contributed by atoms with Gasteiger partial charge in [-0.2, -0.15) is 0 Å². The van der Waals surface area contributed by atoms with Gasteiger partial charge in [-0.1, -0.05) is 37.3 Å². The Hall–Kier alpha value is -1.19. The first-order valence-corrected chi connectivity index (χ1v) is 6.87. The van der Waals surface area contributed by atoms with E-state index in [9.17, 15) is 0 Å². The van der Waals surface area contributed by atoms with Crippen LogP contribution in [0.25, 0.3) is 0 Å². The maximum atomic E-state index is 4.58. The quantitative estimate of drug-likeness (QED) is 0.875. The Morgan fingerprint density at radius 2 is 2.06 bits per heavy atom. The maximum Gasteiger partial charge on any atom is 0.110 e. The summed E-state index contributed by atoms with van der Waals surface area (Å²) in [4.78, 5) is 4.58. The molecule has 90 valence electrons. The fourth-order valence-corrected chi connectivity index (χ4v) is 2.75. The first kappa shape index (κ1) is 12.3. The lowest BCUT2D eigenvalue weighted by Gasteiger charge is -2.15. The SMILES string of the molecule is CCNC(Cc1ccccc1)c1nc(C)cs1. The predicted octanol–water partition coefficient (Wildman–Crippen LogP) is 3.34. The first-order valence-electron chi connectivity index (χ1n) is 5.99. The Balaban J connectivity index is 2.13. The molecule has 0 radical (unpaired) electrons. The lowest BCUT2D eigenvalue weighted by Crippen LogP contribution is -2.22. The van der Waals surface area contributed by atoms with Crippen molar-refractivity contribution >= 4 is 11.3 Å². The molecule has 0 amide bonds. The lowest BCUT2D eigenvalue weighted by molar-refractivity contribution is 0.546. The summed E-state index contributed by atoms with van der Waals surface area (Å²) in [5, 5.41) is 6.81. The molecule has 1 heterocycles. The number of aromatic nitrogens is 1. The van der Waals surface area contributed by atoms with E-state index in [2.05, 4.69) is 52.9 Å². The van der Waals surface area contributed by atoms with E-state index < -0.39 is 0 Å². The van der Waals surface area contributed by atoms with Gasteiger partial charge in [0.2, 0.25) is 0 Å². The Bertz CT molecular complexity index is 450. The van der Waals surface area contributed by atoms with Gasteiger partial charge in [-0.15, -0.1) is 11.3 Å². The summed E-state index contributed by atoms with van der Waals surface area (Å²) in [6.07, 6.45) is 1.00. The highest BCUT2D eigenvalue weighted by Gasteiger charge is 2.14. The number of aryl methyl sites for hydroxylation is 1. The van der Waals surface area contributed by atoms with Crippen molar-refractivity contribution in [2.75, 3.05) is 6.54 Å². The van der Waals surface area contributed by atoms with E-state index >= 15 is 0 Å². The molecule has 1 unspecified atom stereocenters. The summed E-state index contributed by atoms with van der Waals surface area (Å²) in [6.45, 7) is 5.15. The van der Waals surface area contributed by atoms with Gasteiger partial charge in [0, 0.05) is 11.1 Å². The Morgan fingerprint density at radius 1 is 1.29 bits per heavy atom. The zero-order valence-electron chi connectivity index (χ0n) is 10.3. The number of likely N-dealkylation sites (N-methyl/N-ethyl adjacent to an activating group) is 1. The van der Waals surface area contributed by atoms with E-state index in [1.807, 2.05) is 6.92 Å². The normalized spacial score (nSPS) is 12.6. The third-order valence-corrected chi connectivity index (χ3v) is 3.74. The number of hydrogen-bond donors (Lipinski definition) is 1. The highest BCUT2D eigenvalue weighted by atomic mass is 32.1. The molecule has 1 aromatic heterocycles. The number of nitrogens with zero attached hydrogens (tertiary/aromatic N) is 1. The Morgan fingerprint density at radius 3 is 2.65 bits per heavy atom. The zero-order valence-corrected chi connectivity index (χ0v) is 11.1. The third kappa shape index (κ3) is 3.38. The second-order valence-electron chi connectivity index (χ2n) is 4.13. The van der Waals surface area contributed by atoms with Gasteiger partial charge < -0.3 is 5.32 Å². The van der Waals surface area contributed by atoms with Crippen LogP contribution in [0.1, 0.15) is 29.2 Å². The third-order valence-electron chi connectivity index (χ3n) is 2.67. The fourth-order valence-electron chi connectivity index (χ4n) is 1.88. The molecule has 2 nitrogen and oxygen atoms in total. The van der Waals surface area contributed by atoms with Gasteiger partial charge in [-0.05, 0) is 25.5 Å². The number of benzene rings is 1. The topological polar surface area (TPSA) is 24.9 Å². The average molecular weight is 246 g/mol. The second-order valence-corrected chi connectivity index (χ2v) is 5.02. The van der Waals surface area contributed by atoms with Crippen molar-refractivity contribution < 1.29 is 0 Å². The predicted molar refractivity (Wildman–Crippen MR) is 73.4 cm³/mol. The number of thiazole rings is 1. The van der Waals surface area contributed by atoms with Gasteiger partial charge >= 0.3 is 0 Å². The fraction of sp³-hybridized carbons (Fsp3) is 0.357. The van der Waals surface area contributed by atoms with Crippen LogP contribution >= 0.6 is 11.3 Å². The van der Waals surface area contributed by atoms with E-state index in [-0.39, 0.29) is 0 Å². The minimum Gasteiger partial charge on any atom is -0.308 e. The van der Waals surface area contributed by atoms with Crippen LogP contribution in [0.5, 0.6) is 0 Å². The van der Waals surface area contributed by atoms with E-state index in [1.165, 1.54) is 10.6 Å². The number of rotatable bonds is 5. The second kappa shape index (κ2) is 5.94. The monoisotopic (exact) mass is 246 g/mol. The summed E-state index contributed by atoms with van der Waals surface area (Å²) < 4.78 is 0. The number of hydrogen-bond acceptors (Lipinski definition) is 3. The molecule has 0 saturated heterocycles. The summed E-state index contributed by atoms with van der Waals surface area (Å²) in [5.74, 6) is 0. The van der Waals surface area contributed by atoms with Crippen LogP contribution < -0.4 is 5.32 Å². The summed E-state index contributed by atoms with van der Waals surface area (Å²) in [6, 6.07) is 10.9. The molecule has 0 aliphatic carbocycles. The molecule has 17 heavy (non-hydrogen) atoms. The molecule has 0 saturated carbocycles. The van der Waals surface area contributed by atoms with Crippen LogP contribution in [0.15, 0.2) is 35.7 Å². The van der Waals surface area contributed by atoms with Crippen molar-refractivity contribution in [3.63, 3.8) is 0 Å². The van der Waals surface area contributed by atoms with Crippen LogP contribution in [0.4, 0.5) is 0 Å². The molecule has 0 fully saturated rings. The van der Waals surface area contributed by atoms with Gasteiger partial charge in [0.1, 0.15) is 5.01 Å². The lowest BCUT2D eigenvalue weighted by atomic mass is 10.1. The summed E-state index contributed by atoms with van der Waals surface area (Å²) in [7, 11) is 0. The van der Waals surface area contributed by atoms with Gasteiger partial charge in [-0.3, -0.25) is 0 Å². The van der Waals surface area contributed by atoms with Crippen LogP contribution in [-0.4, -0.2) is 11.5 Å². The molecular formula is C14H18N2S. The molecule has 2 aromatic rings. The van der Waals surface area contributed by atoms with Gasteiger partial charge in [0.05, 0.1) is 6.04 Å². The van der Waals surface area contributed by atoms with Crippen molar-refractivity contribution in [1.82, 2.24) is 10.3 Å². The molecule has 3 heteroatoms. The highest BCUT2D eigenvalue weighted by molar-refractivity contribution is 7.09. The van der Waals surface area contributed by atoms with E-state index in [4.69, 9.17) is 0 Å².